The van der Waals surface area contributed by atoms with Crippen molar-refractivity contribution in [3.05, 3.63) is 85.3 Å². The monoisotopic (exact) mass is 350 g/mol. The van der Waals surface area contributed by atoms with E-state index in [1.807, 2.05) is 77.3 Å². The first kappa shape index (κ1) is 15.3. The number of benzene rings is 1. The summed E-state index contributed by atoms with van der Waals surface area (Å²) in [5.41, 5.74) is 4.86. The lowest BCUT2D eigenvalue weighted by Crippen LogP contribution is -2.03. The van der Waals surface area contributed by atoms with Crippen LogP contribution in [0.25, 0.3) is 39.8 Å². The Hall–Kier alpha value is -3.93. The second-order valence-electron chi connectivity index (χ2n) is 5.99. The van der Waals surface area contributed by atoms with Crippen molar-refractivity contribution < 1.29 is 0 Å². The Labute approximate surface area is 155 Å². The molecule has 0 bridgehead atoms. The van der Waals surface area contributed by atoms with Gasteiger partial charge in [-0.15, -0.1) is 10.2 Å². The standard InChI is InChI=1S/C21H14N6/c1-2-8-15(9-3-1)18-14-27-20(17-11-5-7-13-23-17)19(25-26-21(27)24-18)16-10-4-6-12-22-16/h1-14H. The SMILES string of the molecule is c1ccc(-c2cn3c(-c4ccccn4)c(-c4ccccn4)nnc3n2)cc1. The van der Waals surface area contributed by atoms with Gasteiger partial charge in [-0.3, -0.25) is 14.4 Å². The van der Waals surface area contributed by atoms with E-state index in [-0.39, 0.29) is 0 Å². The Morgan fingerprint density at radius 3 is 2.04 bits per heavy atom. The molecule has 1 aromatic carbocycles. The number of hydrogen-bond donors (Lipinski definition) is 0. The maximum absolute atomic E-state index is 4.65. The van der Waals surface area contributed by atoms with Crippen LogP contribution in [-0.4, -0.2) is 29.5 Å². The third-order valence-corrected chi connectivity index (χ3v) is 4.28. The van der Waals surface area contributed by atoms with Crippen molar-refractivity contribution in [3.8, 4) is 34.0 Å². The van der Waals surface area contributed by atoms with Crippen molar-refractivity contribution in [2.75, 3.05) is 0 Å². The maximum Gasteiger partial charge on any atom is 0.254 e. The molecule has 0 aliphatic carbocycles. The van der Waals surface area contributed by atoms with Gasteiger partial charge in [-0.25, -0.2) is 4.98 Å². The Balaban J connectivity index is 1.81. The lowest BCUT2D eigenvalue weighted by molar-refractivity contribution is 0.967. The number of hydrogen-bond acceptors (Lipinski definition) is 5. The van der Waals surface area contributed by atoms with Gasteiger partial charge in [0.05, 0.1) is 17.1 Å². The van der Waals surface area contributed by atoms with E-state index in [9.17, 15) is 0 Å². The smallest absolute Gasteiger partial charge is 0.254 e. The van der Waals surface area contributed by atoms with Crippen LogP contribution in [0.4, 0.5) is 0 Å². The van der Waals surface area contributed by atoms with Gasteiger partial charge in [-0.2, -0.15) is 0 Å². The molecule has 0 unspecified atom stereocenters. The normalized spacial score (nSPS) is 11.0. The molecule has 4 heterocycles. The third-order valence-electron chi connectivity index (χ3n) is 4.28. The Kier molecular flexibility index (Phi) is 3.65. The van der Waals surface area contributed by atoms with Crippen LogP contribution < -0.4 is 0 Å². The topological polar surface area (TPSA) is 68.9 Å². The second kappa shape index (κ2) is 6.42. The van der Waals surface area contributed by atoms with Crippen LogP contribution in [0.15, 0.2) is 85.3 Å². The summed E-state index contributed by atoms with van der Waals surface area (Å²) >= 11 is 0. The number of nitrogens with zero attached hydrogens (tertiary/aromatic N) is 6. The molecular weight excluding hydrogens is 336 g/mol. The van der Waals surface area contributed by atoms with E-state index >= 15 is 0 Å². The zero-order chi connectivity index (χ0) is 18.1. The second-order valence-corrected chi connectivity index (χ2v) is 5.99. The molecule has 0 aliphatic rings. The van der Waals surface area contributed by atoms with Crippen molar-refractivity contribution in [2.24, 2.45) is 0 Å². The zero-order valence-electron chi connectivity index (χ0n) is 14.3. The van der Waals surface area contributed by atoms with Gasteiger partial charge in [0.25, 0.3) is 5.78 Å². The molecule has 0 radical (unpaired) electrons. The minimum Gasteiger partial charge on any atom is -0.278 e. The summed E-state index contributed by atoms with van der Waals surface area (Å²) in [6.45, 7) is 0. The predicted molar refractivity (Wildman–Crippen MR) is 103 cm³/mol. The van der Waals surface area contributed by atoms with Crippen LogP contribution in [0.2, 0.25) is 0 Å². The fourth-order valence-corrected chi connectivity index (χ4v) is 3.03. The van der Waals surface area contributed by atoms with E-state index in [4.69, 9.17) is 0 Å². The van der Waals surface area contributed by atoms with Crippen LogP contribution in [0.5, 0.6) is 0 Å². The highest BCUT2D eigenvalue weighted by Crippen LogP contribution is 2.29. The largest absolute Gasteiger partial charge is 0.278 e. The highest BCUT2D eigenvalue weighted by molar-refractivity contribution is 5.76. The first-order valence-electron chi connectivity index (χ1n) is 8.54. The summed E-state index contributed by atoms with van der Waals surface area (Å²) in [4.78, 5) is 13.6. The summed E-state index contributed by atoms with van der Waals surface area (Å²) < 4.78 is 1.93. The van der Waals surface area contributed by atoms with Crippen LogP contribution >= 0.6 is 0 Å². The number of imidazole rings is 1. The molecule has 0 aliphatic heterocycles. The van der Waals surface area contributed by atoms with Crippen molar-refractivity contribution in [1.82, 2.24) is 29.5 Å². The Morgan fingerprint density at radius 2 is 1.33 bits per heavy atom. The zero-order valence-corrected chi connectivity index (χ0v) is 14.3. The molecule has 6 heteroatoms. The molecule has 0 fully saturated rings. The average molecular weight is 350 g/mol. The molecule has 0 saturated heterocycles. The van der Waals surface area contributed by atoms with Gasteiger partial charge in [0.15, 0.2) is 0 Å². The van der Waals surface area contributed by atoms with E-state index in [0.29, 0.717) is 11.5 Å². The van der Waals surface area contributed by atoms with Gasteiger partial charge in [0.1, 0.15) is 11.4 Å². The van der Waals surface area contributed by atoms with Crippen LogP contribution in [0, 0.1) is 0 Å². The molecule has 5 aromatic rings. The number of pyridine rings is 2. The quantitative estimate of drug-likeness (QED) is 0.493. The molecule has 0 N–H and O–H groups in total. The van der Waals surface area contributed by atoms with E-state index in [1.54, 1.807) is 12.4 Å². The molecule has 27 heavy (non-hydrogen) atoms. The van der Waals surface area contributed by atoms with Gasteiger partial charge in [-0.05, 0) is 24.3 Å². The lowest BCUT2D eigenvalue weighted by atomic mass is 10.1. The number of fused-ring (bicyclic) bond motifs is 1. The highest BCUT2D eigenvalue weighted by atomic mass is 15.2. The van der Waals surface area contributed by atoms with Crippen molar-refractivity contribution in [1.29, 1.82) is 0 Å². The minimum atomic E-state index is 0.522. The molecule has 0 spiro atoms. The van der Waals surface area contributed by atoms with Crippen molar-refractivity contribution in [2.45, 2.75) is 0 Å². The first-order chi connectivity index (χ1) is 13.4. The Bertz CT molecular complexity index is 1200. The van der Waals surface area contributed by atoms with Crippen molar-refractivity contribution >= 4 is 5.78 Å². The van der Waals surface area contributed by atoms with Crippen LogP contribution in [-0.2, 0) is 0 Å². The van der Waals surface area contributed by atoms with Gasteiger partial charge >= 0.3 is 0 Å². The van der Waals surface area contributed by atoms with Crippen molar-refractivity contribution in [3.63, 3.8) is 0 Å². The molecule has 6 nitrogen and oxygen atoms in total. The fraction of sp³-hybridized carbons (Fsp3) is 0. The molecule has 0 saturated carbocycles. The summed E-state index contributed by atoms with van der Waals surface area (Å²) in [6.07, 6.45) is 5.47. The lowest BCUT2D eigenvalue weighted by Gasteiger charge is -2.09. The number of aromatic nitrogens is 6. The molecule has 128 valence electrons. The van der Waals surface area contributed by atoms with Gasteiger partial charge < -0.3 is 0 Å². The molecule has 4 aromatic heterocycles. The fourth-order valence-electron chi connectivity index (χ4n) is 3.03. The van der Waals surface area contributed by atoms with E-state index in [1.165, 1.54) is 0 Å². The van der Waals surface area contributed by atoms with Gasteiger partial charge in [-0.1, -0.05) is 42.5 Å². The maximum atomic E-state index is 4.65. The van der Waals surface area contributed by atoms with Gasteiger partial charge in [0.2, 0.25) is 0 Å². The number of rotatable bonds is 3. The summed E-state index contributed by atoms with van der Waals surface area (Å²) in [5.74, 6) is 0.522. The average Bonchev–Trinajstić information content (AvgIpc) is 3.19. The van der Waals surface area contributed by atoms with Crippen LogP contribution in [0.3, 0.4) is 0 Å². The third kappa shape index (κ3) is 2.73. The summed E-state index contributed by atoms with van der Waals surface area (Å²) in [7, 11) is 0. The van der Waals surface area contributed by atoms with E-state index in [0.717, 1.165) is 28.3 Å². The summed E-state index contributed by atoms with van der Waals surface area (Å²) in [5, 5.41) is 8.75. The van der Waals surface area contributed by atoms with Gasteiger partial charge in [0, 0.05) is 24.2 Å². The molecular formula is C21H14N6. The highest BCUT2D eigenvalue weighted by Gasteiger charge is 2.18. The molecule has 0 atom stereocenters. The first-order valence-corrected chi connectivity index (χ1v) is 8.54. The van der Waals surface area contributed by atoms with Crippen LogP contribution in [0.1, 0.15) is 0 Å². The molecule has 0 amide bonds. The summed E-state index contributed by atoms with van der Waals surface area (Å²) in [6, 6.07) is 21.5. The van der Waals surface area contributed by atoms with E-state index < -0.39 is 0 Å². The Morgan fingerprint density at radius 1 is 0.630 bits per heavy atom. The predicted octanol–water partition coefficient (Wildman–Crippen LogP) is 3.92. The molecule has 5 rings (SSSR count). The van der Waals surface area contributed by atoms with E-state index in [2.05, 4.69) is 25.1 Å². The minimum absolute atomic E-state index is 0.522.